The number of thiophene rings is 1. The van der Waals surface area contributed by atoms with E-state index in [2.05, 4.69) is 67.1 Å². The molecule has 0 saturated heterocycles. The summed E-state index contributed by atoms with van der Waals surface area (Å²) in [5.74, 6) is 0.561. The predicted octanol–water partition coefficient (Wildman–Crippen LogP) is 4.53. The molecule has 2 heteroatoms. The van der Waals surface area contributed by atoms with E-state index in [4.69, 9.17) is 0 Å². The Morgan fingerprint density at radius 1 is 1.00 bits per heavy atom. The first-order valence-corrected chi connectivity index (χ1v) is 7.61. The Hall–Kier alpha value is -1.67. The zero-order valence-corrected chi connectivity index (χ0v) is 11.9. The van der Waals surface area contributed by atoms with Crippen LogP contribution in [0.25, 0.3) is 20.7 Å². The molecule has 4 rings (SSSR count). The first kappa shape index (κ1) is 11.2. The molecule has 0 radical (unpaired) electrons. The molecular formula is C17H16NS+. The maximum absolute atomic E-state index is 2.42. The number of nitrogens with zero attached hydrogens (tertiary/aromatic N) is 1. The highest BCUT2D eigenvalue weighted by molar-refractivity contribution is 7.22. The zero-order valence-electron chi connectivity index (χ0n) is 11.1. The monoisotopic (exact) mass is 266 g/mol. The fourth-order valence-electron chi connectivity index (χ4n) is 3.19. The molecule has 0 saturated carbocycles. The van der Waals surface area contributed by atoms with Gasteiger partial charge in [-0.15, -0.1) is 11.3 Å². The average Bonchev–Trinajstić information content (AvgIpc) is 2.84. The fourth-order valence-corrected chi connectivity index (χ4v) is 4.53. The first-order valence-electron chi connectivity index (χ1n) is 6.79. The highest BCUT2D eigenvalue weighted by Crippen LogP contribution is 2.46. The number of hydrogen-bond donors (Lipinski definition) is 0. The van der Waals surface area contributed by atoms with Gasteiger partial charge in [-0.1, -0.05) is 25.1 Å². The largest absolute Gasteiger partial charge is 0.223 e. The van der Waals surface area contributed by atoms with Crippen LogP contribution in [0.5, 0.6) is 0 Å². The van der Waals surface area contributed by atoms with Crippen molar-refractivity contribution in [2.75, 3.05) is 0 Å². The molecule has 0 amide bonds. The van der Waals surface area contributed by atoms with Gasteiger partial charge in [0.25, 0.3) is 0 Å². The van der Waals surface area contributed by atoms with Crippen LogP contribution in [-0.2, 0) is 0 Å². The van der Waals surface area contributed by atoms with Gasteiger partial charge in [0.05, 0.1) is 0 Å². The second-order valence-electron chi connectivity index (χ2n) is 5.36. The Kier molecular flexibility index (Phi) is 2.30. The molecule has 0 fully saturated rings. The maximum atomic E-state index is 2.42. The van der Waals surface area contributed by atoms with Gasteiger partial charge in [-0.3, -0.25) is 0 Å². The lowest BCUT2D eigenvalue weighted by Gasteiger charge is -2.23. The summed E-state index contributed by atoms with van der Waals surface area (Å²) in [6.07, 6.45) is 2.21. The van der Waals surface area contributed by atoms with E-state index >= 15 is 0 Å². The van der Waals surface area contributed by atoms with E-state index in [0.29, 0.717) is 12.0 Å². The molecule has 2 aromatic heterocycles. The van der Waals surface area contributed by atoms with Crippen molar-refractivity contribution in [3.8, 4) is 10.6 Å². The average molecular weight is 266 g/mol. The number of rotatable bonds is 0. The minimum Gasteiger partial charge on any atom is -0.195 e. The minimum atomic E-state index is 0.515. The van der Waals surface area contributed by atoms with E-state index in [1.165, 1.54) is 20.7 Å². The number of hydrogen-bond acceptors (Lipinski definition) is 1. The van der Waals surface area contributed by atoms with E-state index < -0.39 is 0 Å². The van der Waals surface area contributed by atoms with Crippen LogP contribution in [0.1, 0.15) is 31.4 Å². The van der Waals surface area contributed by atoms with E-state index in [0.717, 1.165) is 0 Å². The molecular weight excluding hydrogens is 250 g/mol. The third-order valence-corrected chi connectivity index (χ3v) is 5.58. The molecule has 19 heavy (non-hydrogen) atoms. The summed E-state index contributed by atoms with van der Waals surface area (Å²) in [6, 6.07) is 15.8. The van der Waals surface area contributed by atoms with Crippen LogP contribution in [0.4, 0.5) is 0 Å². The molecule has 0 bridgehead atoms. The van der Waals surface area contributed by atoms with Crippen molar-refractivity contribution in [2.45, 2.75) is 25.8 Å². The summed E-state index contributed by atoms with van der Waals surface area (Å²) in [5.41, 5.74) is 2.91. The van der Waals surface area contributed by atoms with Crippen molar-refractivity contribution in [2.24, 2.45) is 0 Å². The van der Waals surface area contributed by atoms with Crippen LogP contribution in [0.3, 0.4) is 0 Å². The number of pyridine rings is 1. The van der Waals surface area contributed by atoms with Crippen LogP contribution < -0.4 is 4.57 Å². The number of benzene rings is 1. The third-order valence-electron chi connectivity index (χ3n) is 4.37. The third kappa shape index (κ3) is 1.44. The quantitative estimate of drug-likeness (QED) is 0.526. The van der Waals surface area contributed by atoms with Crippen molar-refractivity contribution < 1.29 is 4.57 Å². The van der Waals surface area contributed by atoms with Crippen LogP contribution in [0.2, 0.25) is 0 Å². The molecule has 0 N–H and O–H groups in total. The lowest BCUT2D eigenvalue weighted by Crippen LogP contribution is -2.44. The molecule has 3 heterocycles. The molecule has 1 aliphatic rings. The van der Waals surface area contributed by atoms with Crippen LogP contribution in [0, 0.1) is 0 Å². The molecule has 0 aliphatic carbocycles. The van der Waals surface area contributed by atoms with Gasteiger partial charge in [-0.2, -0.15) is 4.57 Å². The maximum Gasteiger partial charge on any atom is 0.223 e. The molecule has 1 aromatic carbocycles. The predicted molar refractivity (Wildman–Crippen MR) is 80.6 cm³/mol. The molecule has 1 nitrogen and oxygen atoms in total. The van der Waals surface area contributed by atoms with Crippen molar-refractivity contribution in [1.82, 2.24) is 0 Å². The summed E-state index contributed by atoms with van der Waals surface area (Å²) in [7, 11) is 0. The van der Waals surface area contributed by atoms with Gasteiger partial charge >= 0.3 is 0 Å². The standard InChI is InChI=1S/C17H16NS/c1-11-12(2)18-10-6-5-8-14(18)17-16(11)13-7-3-4-9-15(13)19-17/h3-12H,1-2H3/q+1. The first-order chi connectivity index (χ1) is 9.27. The Balaban J connectivity index is 2.14. The highest BCUT2D eigenvalue weighted by Gasteiger charge is 2.36. The zero-order chi connectivity index (χ0) is 13.0. The smallest absolute Gasteiger partial charge is 0.195 e. The van der Waals surface area contributed by atoms with Crippen molar-refractivity contribution >= 4 is 21.4 Å². The summed E-state index contributed by atoms with van der Waals surface area (Å²) in [6.45, 7) is 4.68. The molecule has 1 aliphatic heterocycles. The van der Waals surface area contributed by atoms with E-state index in [1.807, 2.05) is 11.3 Å². The summed E-state index contributed by atoms with van der Waals surface area (Å²) in [4.78, 5) is 1.45. The lowest BCUT2D eigenvalue weighted by molar-refractivity contribution is -0.714. The van der Waals surface area contributed by atoms with Gasteiger partial charge < -0.3 is 0 Å². The topological polar surface area (TPSA) is 3.88 Å². The van der Waals surface area contributed by atoms with Gasteiger partial charge in [0.2, 0.25) is 5.69 Å². The second-order valence-corrected chi connectivity index (χ2v) is 6.42. The molecule has 94 valence electrons. The van der Waals surface area contributed by atoms with Crippen molar-refractivity contribution in [3.05, 3.63) is 54.2 Å². The number of fused-ring (bicyclic) bond motifs is 5. The SMILES string of the molecule is CC1c2c(sc3ccccc23)-c2cccc[n+]2C1C. The lowest BCUT2D eigenvalue weighted by atomic mass is 9.87. The molecule has 2 atom stereocenters. The van der Waals surface area contributed by atoms with Gasteiger partial charge in [-0.25, -0.2) is 0 Å². The van der Waals surface area contributed by atoms with Crippen molar-refractivity contribution in [1.29, 1.82) is 0 Å². The molecule has 0 spiro atoms. The normalized spacial score (nSPS) is 21.2. The Morgan fingerprint density at radius 3 is 2.68 bits per heavy atom. The van der Waals surface area contributed by atoms with Crippen molar-refractivity contribution in [3.63, 3.8) is 0 Å². The van der Waals surface area contributed by atoms with Gasteiger partial charge in [0.1, 0.15) is 4.88 Å². The summed E-state index contributed by atoms with van der Waals surface area (Å²) in [5, 5.41) is 1.44. The Labute approximate surface area is 117 Å². The van der Waals surface area contributed by atoms with Gasteiger partial charge in [0, 0.05) is 22.8 Å². The second kappa shape index (κ2) is 3.91. The van der Waals surface area contributed by atoms with Gasteiger partial charge in [-0.05, 0) is 30.0 Å². The summed E-state index contributed by atoms with van der Waals surface area (Å²) >= 11 is 1.93. The Bertz CT molecular complexity index is 772. The van der Waals surface area contributed by atoms with E-state index in [1.54, 1.807) is 5.56 Å². The minimum absolute atomic E-state index is 0.515. The highest BCUT2D eigenvalue weighted by atomic mass is 32.1. The summed E-state index contributed by atoms with van der Waals surface area (Å²) < 4.78 is 3.83. The molecule has 2 unspecified atom stereocenters. The fraction of sp³-hybridized carbons (Fsp3) is 0.235. The number of aromatic nitrogens is 1. The van der Waals surface area contributed by atoms with Crippen LogP contribution in [0.15, 0.2) is 48.7 Å². The Morgan fingerprint density at radius 2 is 1.79 bits per heavy atom. The van der Waals surface area contributed by atoms with E-state index in [9.17, 15) is 0 Å². The van der Waals surface area contributed by atoms with E-state index in [-0.39, 0.29) is 0 Å². The van der Waals surface area contributed by atoms with Crippen LogP contribution >= 0.6 is 11.3 Å². The van der Waals surface area contributed by atoms with Gasteiger partial charge in [0.15, 0.2) is 12.2 Å². The van der Waals surface area contributed by atoms with Crippen LogP contribution in [-0.4, -0.2) is 0 Å². The molecule has 3 aromatic rings.